The standard InChI is InChI=1S/C16H23N3O2/c1-5-10-17-16(3,15(20)21-4)11-19-12(2)18-13-8-6-7-9-14(13)19/h6-9,17H,5,10-11H2,1-4H3. The summed E-state index contributed by atoms with van der Waals surface area (Å²) in [6, 6.07) is 7.95. The maximum Gasteiger partial charge on any atom is 0.327 e. The summed E-state index contributed by atoms with van der Waals surface area (Å²) in [5.74, 6) is 0.637. The van der Waals surface area contributed by atoms with Crippen LogP contribution in [-0.4, -0.2) is 34.7 Å². The van der Waals surface area contributed by atoms with Crippen molar-refractivity contribution >= 4 is 17.0 Å². The third-order valence-corrected chi connectivity index (χ3v) is 3.72. The Hall–Kier alpha value is -1.88. The molecule has 1 aromatic heterocycles. The van der Waals surface area contributed by atoms with E-state index in [0.717, 1.165) is 29.8 Å². The molecule has 1 atom stereocenters. The molecule has 1 heterocycles. The zero-order chi connectivity index (χ0) is 15.5. The van der Waals surface area contributed by atoms with Crippen LogP contribution in [0.2, 0.25) is 0 Å². The molecule has 0 bridgehead atoms. The van der Waals surface area contributed by atoms with Crippen molar-refractivity contribution in [2.75, 3.05) is 13.7 Å². The smallest absolute Gasteiger partial charge is 0.327 e. The quantitative estimate of drug-likeness (QED) is 0.829. The number of fused-ring (bicyclic) bond motifs is 1. The first-order valence-electron chi connectivity index (χ1n) is 7.27. The van der Waals surface area contributed by atoms with Crippen LogP contribution in [0.1, 0.15) is 26.1 Å². The van der Waals surface area contributed by atoms with Gasteiger partial charge in [0, 0.05) is 0 Å². The van der Waals surface area contributed by atoms with Crippen molar-refractivity contribution in [3.8, 4) is 0 Å². The van der Waals surface area contributed by atoms with E-state index in [2.05, 4.69) is 21.8 Å². The molecule has 2 rings (SSSR count). The largest absolute Gasteiger partial charge is 0.468 e. The second kappa shape index (κ2) is 6.26. The number of aryl methyl sites for hydroxylation is 1. The number of ether oxygens (including phenoxy) is 1. The maximum absolute atomic E-state index is 12.2. The Bertz CT molecular complexity index is 635. The molecule has 1 aromatic carbocycles. The Labute approximate surface area is 125 Å². The van der Waals surface area contributed by atoms with Gasteiger partial charge in [-0.2, -0.15) is 0 Å². The molecule has 0 aliphatic rings. The highest BCUT2D eigenvalue weighted by Gasteiger charge is 2.35. The Morgan fingerprint density at radius 1 is 1.43 bits per heavy atom. The molecule has 1 unspecified atom stereocenters. The van der Waals surface area contributed by atoms with Gasteiger partial charge in [0.2, 0.25) is 0 Å². The molecule has 0 saturated carbocycles. The molecule has 21 heavy (non-hydrogen) atoms. The second-order valence-corrected chi connectivity index (χ2v) is 5.48. The number of hydrogen-bond donors (Lipinski definition) is 1. The molecule has 5 heteroatoms. The highest BCUT2D eigenvalue weighted by atomic mass is 16.5. The minimum absolute atomic E-state index is 0.256. The summed E-state index contributed by atoms with van der Waals surface area (Å²) >= 11 is 0. The van der Waals surface area contributed by atoms with E-state index in [1.165, 1.54) is 7.11 Å². The molecule has 0 spiro atoms. The van der Waals surface area contributed by atoms with E-state index in [1.807, 2.05) is 38.1 Å². The lowest BCUT2D eigenvalue weighted by molar-refractivity contribution is -0.148. The van der Waals surface area contributed by atoms with Gasteiger partial charge in [0.15, 0.2) is 0 Å². The van der Waals surface area contributed by atoms with E-state index in [0.29, 0.717) is 6.54 Å². The van der Waals surface area contributed by atoms with Crippen molar-refractivity contribution < 1.29 is 9.53 Å². The van der Waals surface area contributed by atoms with E-state index in [4.69, 9.17) is 4.74 Å². The predicted octanol–water partition coefficient (Wildman–Crippen LogP) is 2.28. The highest BCUT2D eigenvalue weighted by Crippen LogP contribution is 2.19. The van der Waals surface area contributed by atoms with Gasteiger partial charge in [0.1, 0.15) is 11.4 Å². The Balaban J connectivity index is 2.38. The number of esters is 1. The van der Waals surface area contributed by atoms with Crippen LogP contribution in [0.5, 0.6) is 0 Å². The topological polar surface area (TPSA) is 56.2 Å². The van der Waals surface area contributed by atoms with Gasteiger partial charge in [0.25, 0.3) is 0 Å². The molecule has 5 nitrogen and oxygen atoms in total. The number of carbonyl (C=O) groups is 1. The molecule has 0 aliphatic carbocycles. The summed E-state index contributed by atoms with van der Waals surface area (Å²) in [6.45, 7) is 7.16. The summed E-state index contributed by atoms with van der Waals surface area (Å²) < 4.78 is 7.04. The third-order valence-electron chi connectivity index (χ3n) is 3.72. The van der Waals surface area contributed by atoms with Gasteiger partial charge in [-0.15, -0.1) is 0 Å². The molecule has 0 amide bonds. The zero-order valence-electron chi connectivity index (χ0n) is 13.1. The zero-order valence-corrected chi connectivity index (χ0v) is 13.1. The summed E-state index contributed by atoms with van der Waals surface area (Å²) in [5.41, 5.74) is 1.21. The van der Waals surface area contributed by atoms with E-state index < -0.39 is 5.54 Å². The van der Waals surface area contributed by atoms with Gasteiger partial charge in [-0.05, 0) is 38.9 Å². The number of hydrogen-bond acceptors (Lipinski definition) is 4. The van der Waals surface area contributed by atoms with Crippen LogP contribution >= 0.6 is 0 Å². The molecule has 1 N–H and O–H groups in total. The summed E-state index contributed by atoms with van der Waals surface area (Å²) in [4.78, 5) is 16.7. The van der Waals surface area contributed by atoms with E-state index in [-0.39, 0.29) is 5.97 Å². The van der Waals surface area contributed by atoms with Gasteiger partial charge in [-0.25, -0.2) is 9.78 Å². The molecule has 0 saturated heterocycles. The number of benzene rings is 1. The lowest BCUT2D eigenvalue weighted by Gasteiger charge is -2.29. The van der Waals surface area contributed by atoms with Crippen LogP contribution in [0.4, 0.5) is 0 Å². The number of aromatic nitrogens is 2. The molecular formula is C16H23N3O2. The minimum atomic E-state index is -0.765. The Morgan fingerprint density at radius 3 is 2.81 bits per heavy atom. The fourth-order valence-electron chi connectivity index (χ4n) is 2.53. The highest BCUT2D eigenvalue weighted by molar-refractivity contribution is 5.81. The molecule has 0 radical (unpaired) electrons. The maximum atomic E-state index is 12.2. The number of nitrogens with one attached hydrogen (secondary N) is 1. The van der Waals surface area contributed by atoms with Crippen LogP contribution in [0.25, 0.3) is 11.0 Å². The summed E-state index contributed by atoms with van der Waals surface area (Å²) in [6.07, 6.45) is 0.955. The SMILES string of the molecule is CCCNC(C)(Cn1c(C)nc2ccccc21)C(=O)OC. The van der Waals surface area contributed by atoms with Crippen LogP contribution in [0, 0.1) is 6.92 Å². The summed E-state index contributed by atoms with van der Waals surface area (Å²) in [5, 5.41) is 3.30. The van der Waals surface area contributed by atoms with Crippen molar-refractivity contribution in [2.24, 2.45) is 0 Å². The summed E-state index contributed by atoms with van der Waals surface area (Å²) in [7, 11) is 1.42. The lowest BCUT2D eigenvalue weighted by atomic mass is 10.0. The van der Waals surface area contributed by atoms with Crippen molar-refractivity contribution in [1.82, 2.24) is 14.9 Å². The second-order valence-electron chi connectivity index (χ2n) is 5.48. The van der Waals surface area contributed by atoms with Crippen molar-refractivity contribution in [3.05, 3.63) is 30.1 Å². The Morgan fingerprint density at radius 2 is 2.14 bits per heavy atom. The fourth-order valence-corrected chi connectivity index (χ4v) is 2.53. The van der Waals surface area contributed by atoms with Crippen LogP contribution in [-0.2, 0) is 16.1 Å². The number of methoxy groups -OCH3 is 1. The van der Waals surface area contributed by atoms with Gasteiger partial charge < -0.3 is 14.6 Å². The van der Waals surface area contributed by atoms with Crippen LogP contribution in [0.15, 0.2) is 24.3 Å². The first-order chi connectivity index (χ1) is 10.0. The van der Waals surface area contributed by atoms with Crippen molar-refractivity contribution in [2.45, 2.75) is 39.3 Å². The normalized spacial score (nSPS) is 14.1. The van der Waals surface area contributed by atoms with Gasteiger partial charge in [-0.3, -0.25) is 0 Å². The average Bonchev–Trinajstić information content (AvgIpc) is 2.80. The van der Waals surface area contributed by atoms with E-state index in [9.17, 15) is 4.79 Å². The molecule has 0 aliphatic heterocycles. The minimum Gasteiger partial charge on any atom is -0.468 e. The van der Waals surface area contributed by atoms with E-state index in [1.54, 1.807) is 0 Å². The first-order valence-corrected chi connectivity index (χ1v) is 7.27. The number of imidazole rings is 1. The Kier molecular flexibility index (Phi) is 4.63. The monoisotopic (exact) mass is 289 g/mol. The number of para-hydroxylation sites is 2. The van der Waals surface area contributed by atoms with Crippen molar-refractivity contribution in [3.63, 3.8) is 0 Å². The lowest BCUT2D eigenvalue weighted by Crippen LogP contribution is -2.53. The molecule has 0 fully saturated rings. The molecule has 2 aromatic rings. The first kappa shape index (κ1) is 15.5. The van der Waals surface area contributed by atoms with Crippen LogP contribution in [0.3, 0.4) is 0 Å². The van der Waals surface area contributed by atoms with Gasteiger partial charge in [0.05, 0.1) is 24.7 Å². The van der Waals surface area contributed by atoms with E-state index >= 15 is 0 Å². The number of rotatable bonds is 6. The average molecular weight is 289 g/mol. The van der Waals surface area contributed by atoms with Gasteiger partial charge >= 0.3 is 5.97 Å². The van der Waals surface area contributed by atoms with Crippen LogP contribution < -0.4 is 5.32 Å². The third kappa shape index (κ3) is 3.08. The predicted molar refractivity (Wildman–Crippen MR) is 83.2 cm³/mol. The van der Waals surface area contributed by atoms with Gasteiger partial charge in [-0.1, -0.05) is 19.1 Å². The fraction of sp³-hybridized carbons (Fsp3) is 0.500. The number of nitrogens with zero attached hydrogens (tertiary/aromatic N) is 2. The molecular weight excluding hydrogens is 266 g/mol. The molecule has 114 valence electrons. The van der Waals surface area contributed by atoms with Crippen molar-refractivity contribution in [1.29, 1.82) is 0 Å². The number of carbonyl (C=O) groups excluding carboxylic acids is 1.